The standard InChI is InChI=1S/C22H24N2O4/c1-14(2)20(24-13-16-6-4-5-7-18(16)22(24)27)21(26)23-12-19(25)15-8-10-17(28-3)11-9-15/h4-11,14,20H,12-13H2,1-3H3,(H,23,26)/t20-/m0/s1. The summed E-state index contributed by atoms with van der Waals surface area (Å²) < 4.78 is 5.08. The van der Waals surface area contributed by atoms with Crippen LogP contribution in [0.1, 0.15) is 40.1 Å². The maximum atomic E-state index is 12.8. The third kappa shape index (κ3) is 3.91. The molecule has 0 saturated carbocycles. The van der Waals surface area contributed by atoms with Gasteiger partial charge in [0.05, 0.1) is 13.7 Å². The zero-order chi connectivity index (χ0) is 20.3. The number of ether oxygens (including phenoxy) is 1. The van der Waals surface area contributed by atoms with Gasteiger partial charge in [-0.1, -0.05) is 32.0 Å². The van der Waals surface area contributed by atoms with Gasteiger partial charge in [0, 0.05) is 17.7 Å². The molecule has 1 atom stereocenters. The number of rotatable bonds is 7. The number of benzene rings is 2. The van der Waals surface area contributed by atoms with Gasteiger partial charge in [-0.3, -0.25) is 14.4 Å². The fourth-order valence-electron chi connectivity index (χ4n) is 3.46. The number of nitrogens with zero attached hydrogens (tertiary/aromatic N) is 1. The molecule has 0 saturated heterocycles. The molecule has 1 aliphatic heterocycles. The van der Waals surface area contributed by atoms with Crippen molar-refractivity contribution in [2.75, 3.05) is 13.7 Å². The minimum absolute atomic E-state index is 0.0886. The molecule has 2 aromatic carbocycles. The molecule has 0 spiro atoms. The van der Waals surface area contributed by atoms with Crippen LogP contribution in [0.5, 0.6) is 5.75 Å². The first-order valence-corrected chi connectivity index (χ1v) is 9.26. The number of ketones is 1. The van der Waals surface area contributed by atoms with E-state index in [1.807, 2.05) is 32.0 Å². The molecule has 0 bridgehead atoms. The van der Waals surface area contributed by atoms with Crippen LogP contribution >= 0.6 is 0 Å². The molecule has 2 amide bonds. The summed E-state index contributed by atoms with van der Waals surface area (Å²) in [6, 6.07) is 13.5. The minimum atomic E-state index is -0.636. The smallest absolute Gasteiger partial charge is 0.255 e. The van der Waals surface area contributed by atoms with Crippen LogP contribution in [-0.2, 0) is 11.3 Å². The summed E-state index contributed by atoms with van der Waals surface area (Å²) >= 11 is 0. The van der Waals surface area contributed by atoms with E-state index in [4.69, 9.17) is 4.74 Å². The van der Waals surface area contributed by atoms with E-state index in [0.29, 0.717) is 23.4 Å². The van der Waals surface area contributed by atoms with Gasteiger partial charge in [0.2, 0.25) is 5.91 Å². The molecule has 28 heavy (non-hydrogen) atoms. The molecule has 1 aliphatic rings. The first-order chi connectivity index (χ1) is 13.4. The lowest BCUT2D eigenvalue weighted by Crippen LogP contribution is -2.50. The van der Waals surface area contributed by atoms with Gasteiger partial charge >= 0.3 is 0 Å². The second-order valence-corrected chi connectivity index (χ2v) is 7.15. The van der Waals surface area contributed by atoms with E-state index in [0.717, 1.165) is 5.56 Å². The summed E-state index contributed by atoms with van der Waals surface area (Å²) in [5, 5.41) is 2.70. The molecule has 0 radical (unpaired) electrons. The number of hydrogen-bond acceptors (Lipinski definition) is 4. The Bertz CT molecular complexity index is 890. The monoisotopic (exact) mass is 380 g/mol. The molecule has 6 nitrogen and oxygen atoms in total. The highest BCUT2D eigenvalue weighted by atomic mass is 16.5. The maximum absolute atomic E-state index is 12.8. The quantitative estimate of drug-likeness (QED) is 0.750. The topological polar surface area (TPSA) is 75.7 Å². The summed E-state index contributed by atoms with van der Waals surface area (Å²) in [6.45, 7) is 4.07. The molecule has 1 N–H and O–H groups in total. The van der Waals surface area contributed by atoms with E-state index >= 15 is 0 Å². The van der Waals surface area contributed by atoms with Crippen molar-refractivity contribution >= 4 is 17.6 Å². The van der Waals surface area contributed by atoms with Gasteiger partial charge in [-0.05, 0) is 41.8 Å². The Morgan fingerprint density at radius 2 is 1.79 bits per heavy atom. The van der Waals surface area contributed by atoms with Gasteiger partial charge < -0.3 is 15.0 Å². The summed E-state index contributed by atoms with van der Waals surface area (Å²) in [4.78, 5) is 39.5. The van der Waals surface area contributed by atoms with E-state index in [2.05, 4.69) is 5.32 Å². The van der Waals surface area contributed by atoms with E-state index in [1.54, 1.807) is 42.3 Å². The molecule has 0 unspecified atom stereocenters. The number of Topliss-reactive ketones (excluding diaryl/α,β-unsaturated/α-hetero) is 1. The molecule has 0 aromatic heterocycles. The average Bonchev–Trinajstić information content (AvgIpc) is 3.02. The first-order valence-electron chi connectivity index (χ1n) is 9.26. The molecular weight excluding hydrogens is 356 g/mol. The van der Waals surface area contributed by atoms with Crippen molar-refractivity contribution in [3.63, 3.8) is 0 Å². The number of nitrogens with one attached hydrogen (secondary N) is 1. The van der Waals surface area contributed by atoms with Crippen LogP contribution in [-0.4, -0.2) is 42.2 Å². The number of hydrogen-bond donors (Lipinski definition) is 1. The molecule has 0 aliphatic carbocycles. The Labute approximate surface area is 164 Å². The Balaban J connectivity index is 1.67. The van der Waals surface area contributed by atoms with Gasteiger partial charge in [-0.15, -0.1) is 0 Å². The van der Waals surface area contributed by atoms with E-state index in [1.165, 1.54) is 0 Å². The van der Waals surface area contributed by atoms with Crippen molar-refractivity contribution in [2.24, 2.45) is 5.92 Å². The predicted molar refractivity (Wildman–Crippen MR) is 105 cm³/mol. The lowest BCUT2D eigenvalue weighted by molar-refractivity contribution is -0.127. The van der Waals surface area contributed by atoms with Crippen LogP contribution in [0.4, 0.5) is 0 Å². The maximum Gasteiger partial charge on any atom is 0.255 e. The Morgan fingerprint density at radius 1 is 1.11 bits per heavy atom. The van der Waals surface area contributed by atoms with E-state index in [9.17, 15) is 14.4 Å². The third-order valence-corrected chi connectivity index (χ3v) is 4.92. The van der Waals surface area contributed by atoms with Gasteiger partial charge in [-0.25, -0.2) is 0 Å². The molecule has 6 heteroatoms. The predicted octanol–water partition coefficient (Wildman–Crippen LogP) is 2.67. The van der Waals surface area contributed by atoms with Crippen molar-refractivity contribution in [1.82, 2.24) is 10.2 Å². The number of carbonyl (C=O) groups excluding carboxylic acids is 3. The van der Waals surface area contributed by atoms with Gasteiger partial charge in [0.1, 0.15) is 11.8 Å². The van der Waals surface area contributed by atoms with Crippen LogP contribution in [0.25, 0.3) is 0 Å². The zero-order valence-electron chi connectivity index (χ0n) is 16.3. The molecule has 2 aromatic rings. The molecule has 0 fully saturated rings. The second-order valence-electron chi connectivity index (χ2n) is 7.15. The highest BCUT2D eigenvalue weighted by Crippen LogP contribution is 2.27. The normalized spacial score (nSPS) is 14.0. The highest BCUT2D eigenvalue weighted by molar-refractivity contribution is 6.03. The average molecular weight is 380 g/mol. The number of carbonyl (C=O) groups is 3. The van der Waals surface area contributed by atoms with E-state index in [-0.39, 0.29) is 30.1 Å². The van der Waals surface area contributed by atoms with Crippen LogP contribution in [0, 0.1) is 5.92 Å². The Kier molecular flexibility index (Phi) is 5.78. The number of fused-ring (bicyclic) bond motifs is 1. The van der Waals surface area contributed by atoms with Crippen molar-refractivity contribution in [2.45, 2.75) is 26.4 Å². The molecule has 146 valence electrons. The summed E-state index contributed by atoms with van der Waals surface area (Å²) in [7, 11) is 1.56. The summed E-state index contributed by atoms with van der Waals surface area (Å²) in [6.07, 6.45) is 0. The van der Waals surface area contributed by atoms with Gasteiger partial charge in [0.15, 0.2) is 5.78 Å². The summed E-state index contributed by atoms with van der Waals surface area (Å²) in [5.74, 6) is -0.0968. The van der Waals surface area contributed by atoms with Crippen LogP contribution < -0.4 is 10.1 Å². The number of amides is 2. The van der Waals surface area contributed by atoms with Crippen molar-refractivity contribution in [3.8, 4) is 5.75 Å². The largest absolute Gasteiger partial charge is 0.497 e. The first kappa shape index (κ1) is 19.6. The minimum Gasteiger partial charge on any atom is -0.497 e. The fraction of sp³-hybridized carbons (Fsp3) is 0.318. The second kappa shape index (κ2) is 8.25. The zero-order valence-corrected chi connectivity index (χ0v) is 16.3. The Hall–Kier alpha value is -3.15. The van der Waals surface area contributed by atoms with Crippen molar-refractivity contribution in [1.29, 1.82) is 0 Å². The van der Waals surface area contributed by atoms with Crippen LogP contribution in [0.15, 0.2) is 48.5 Å². The fourth-order valence-corrected chi connectivity index (χ4v) is 3.46. The molecular formula is C22H24N2O4. The SMILES string of the molecule is COc1ccc(C(=O)CNC(=O)[C@H](C(C)C)N2Cc3ccccc3C2=O)cc1. The van der Waals surface area contributed by atoms with Gasteiger partial charge in [-0.2, -0.15) is 0 Å². The van der Waals surface area contributed by atoms with Crippen LogP contribution in [0.3, 0.4) is 0 Å². The molecule has 3 rings (SSSR count). The summed E-state index contributed by atoms with van der Waals surface area (Å²) in [5.41, 5.74) is 2.04. The highest BCUT2D eigenvalue weighted by Gasteiger charge is 2.37. The number of methoxy groups -OCH3 is 1. The van der Waals surface area contributed by atoms with Crippen LogP contribution in [0.2, 0.25) is 0 Å². The Morgan fingerprint density at radius 3 is 2.39 bits per heavy atom. The lowest BCUT2D eigenvalue weighted by Gasteiger charge is -2.29. The van der Waals surface area contributed by atoms with Crippen molar-refractivity contribution < 1.29 is 19.1 Å². The molecule has 1 heterocycles. The third-order valence-electron chi connectivity index (χ3n) is 4.92. The van der Waals surface area contributed by atoms with E-state index < -0.39 is 6.04 Å². The lowest BCUT2D eigenvalue weighted by atomic mass is 10.0. The van der Waals surface area contributed by atoms with Crippen molar-refractivity contribution in [3.05, 3.63) is 65.2 Å². The van der Waals surface area contributed by atoms with Gasteiger partial charge in [0.25, 0.3) is 5.91 Å².